The SMILES string of the molecule is CO[C@@]12CCC3(C)[C@@]4(C)c5[nH]c6ccccc6c5C[C@@H]4C[C@H](OCC(=O)N(C)C4CC4)[C@@]3(O)C1=CC(=O)[C@@H](C(C)C)O2. The number of ketones is 1. The van der Waals surface area contributed by atoms with E-state index in [0.717, 1.165) is 30.5 Å². The number of carbonyl (C=O) groups is 2. The number of hydrogen-bond acceptors (Lipinski definition) is 6. The standard InChI is InChI=1S/C34H44N2O6/c1-19(2)29-25(37)17-26-33(40-6,42-29)14-13-31(3)32(4)20(15-23-22-9-7-8-10-24(22)35-30(23)32)16-27(34(26,31)39)41-18-28(38)36(5)21-11-12-21/h7-10,17,19-21,27,29,35,39H,11-16,18H2,1-6H3/t20-,27+,29-,31?,32-,33-,34+/m1/s1. The molecule has 1 aromatic heterocycles. The van der Waals surface area contributed by atoms with Crippen LogP contribution in [-0.4, -0.2) is 77.1 Å². The maximum Gasteiger partial charge on any atom is 0.248 e. The molecule has 0 bridgehead atoms. The van der Waals surface area contributed by atoms with Gasteiger partial charge in [0.1, 0.15) is 18.3 Å². The van der Waals surface area contributed by atoms with Crippen molar-refractivity contribution >= 4 is 22.6 Å². The van der Waals surface area contributed by atoms with E-state index >= 15 is 0 Å². The fraction of sp³-hybridized carbons (Fsp3) is 0.647. The van der Waals surface area contributed by atoms with Gasteiger partial charge in [0.15, 0.2) is 11.6 Å². The van der Waals surface area contributed by atoms with Gasteiger partial charge in [0.05, 0.1) is 6.10 Å². The van der Waals surface area contributed by atoms with Gasteiger partial charge in [-0.25, -0.2) is 0 Å². The van der Waals surface area contributed by atoms with Gasteiger partial charge in [0, 0.05) is 59.6 Å². The minimum atomic E-state index is -1.62. The van der Waals surface area contributed by atoms with Gasteiger partial charge in [-0.15, -0.1) is 0 Å². The molecule has 3 fully saturated rings. The molecule has 8 heteroatoms. The van der Waals surface area contributed by atoms with Crippen LogP contribution in [0.1, 0.15) is 71.1 Å². The van der Waals surface area contributed by atoms with Crippen LogP contribution >= 0.6 is 0 Å². The third kappa shape index (κ3) is 3.49. The minimum absolute atomic E-state index is 0.0510. The number of likely N-dealkylation sites (N-methyl/N-ethyl adjacent to an activating group) is 1. The maximum absolute atomic E-state index is 13.6. The zero-order valence-corrected chi connectivity index (χ0v) is 25.7. The van der Waals surface area contributed by atoms with Crippen molar-refractivity contribution in [2.24, 2.45) is 17.3 Å². The Hall–Kier alpha value is -2.52. The fourth-order valence-corrected chi connectivity index (χ4v) is 9.18. The monoisotopic (exact) mass is 576 g/mol. The average molecular weight is 577 g/mol. The zero-order valence-electron chi connectivity index (χ0n) is 25.7. The van der Waals surface area contributed by atoms with Gasteiger partial charge in [-0.2, -0.15) is 0 Å². The van der Waals surface area contributed by atoms with E-state index in [-0.39, 0.29) is 36.2 Å². The summed E-state index contributed by atoms with van der Waals surface area (Å²) in [4.78, 5) is 32.2. The summed E-state index contributed by atoms with van der Waals surface area (Å²) in [6.45, 7) is 8.22. The smallest absolute Gasteiger partial charge is 0.248 e. The Morgan fingerprint density at radius 1 is 1.21 bits per heavy atom. The third-order valence-electron chi connectivity index (χ3n) is 12.0. The molecule has 8 nitrogen and oxygen atoms in total. The lowest BCUT2D eigenvalue weighted by Crippen LogP contribution is -2.75. The summed E-state index contributed by atoms with van der Waals surface area (Å²) < 4.78 is 19.2. The first kappa shape index (κ1) is 28.3. The van der Waals surface area contributed by atoms with Crippen molar-refractivity contribution in [3.05, 3.63) is 47.2 Å². The third-order valence-corrected chi connectivity index (χ3v) is 12.0. The number of nitrogens with one attached hydrogen (secondary N) is 1. The number of benzene rings is 1. The molecule has 0 radical (unpaired) electrons. The van der Waals surface area contributed by atoms with E-state index in [1.54, 1.807) is 18.1 Å². The summed E-state index contributed by atoms with van der Waals surface area (Å²) in [7, 11) is 3.42. The number of ether oxygens (including phenoxy) is 3. The van der Waals surface area contributed by atoms with Gasteiger partial charge in [-0.3, -0.25) is 9.59 Å². The molecule has 4 aliphatic carbocycles. The number of rotatable bonds is 6. The Labute approximate surface area is 247 Å². The Morgan fingerprint density at radius 3 is 2.64 bits per heavy atom. The number of fused-ring (bicyclic) bond motifs is 9. The van der Waals surface area contributed by atoms with Crippen molar-refractivity contribution in [3.63, 3.8) is 0 Å². The Balaban J connectivity index is 1.38. The highest BCUT2D eigenvalue weighted by Gasteiger charge is 2.76. The van der Waals surface area contributed by atoms with E-state index in [0.29, 0.717) is 24.8 Å². The number of H-pyrrole nitrogens is 1. The van der Waals surface area contributed by atoms with Crippen molar-refractivity contribution in [1.29, 1.82) is 0 Å². The predicted molar refractivity (Wildman–Crippen MR) is 158 cm³/mol. The topological polar surface area (TPSA) is 101 Å². The van der Waals surface area contributed by atoms with E-state index < -0.39 is 34.4 Å². The van der Waals surface area contributed by atoms with E-state index in [4.69, 9.17) is 14.2 Å². The molecule has 3 saturated carbocycles. The average Bonchev–Trinajstić information content (AvgIpc) is 3.70. The van der Waals surface area contributed by atoms with Crippen LogP contribution in [0, 0.1) is 17.3 Å². The second-order valence-corrected chi connectivity index (χ2v) is 14.2. The van der Waals surface area contributed by atoms with Crippen molar-refractivity contribution in [1.82, 2.24) is 9.88 Å². The maximum atomic E-state index is 13.6. The number of carbonyl (C=O) groups excluding carboxylic acids is 2. The fourth-order valence-electron chi connectivity index (χ4n) is 9.18. The highest BCUT2D eigenvalue weighted by atomic mass is 16.7. The van der Waals surface area contributed by atoms with Crippen molar-refractivity contribution in [3.8, 4) is 0 Å². The van der Waals surface area contributed by atoms with E-state index in [1.165, 1.54) is 10.9 Å². The normalized spacial score (nSPS) is 39.0. The molecule has 2 heterocycles. The first-order valence-electron chi connectivity index (χ1n) is 15.6. The van der Waals surface area contributed by atoms with E-state index in [1.807, 2.05) is 27.0 Å². The second-order valence-electron chi connectivity index (χ2n) is 14.2. The van der Waals surface area contributed by atoms with Crippen LogP contribution in [0.5, 0.6) is 0 Å². The van der Waals surface area contributed by atoms with Crippen molar-refractivity contribution < 1.29 is 28.9 Å². The van der Waals surface area contributed by atoms with Crippen LogP contribution < -0.4 is 0 Å². The summed E-state index contributed by atoms with van der Waals surface area (Å²) in [6.07, 6.45) is 4.72. The Kier molecular flexibility index (Phi) is 6.22. The Morgan fingerprint density at radius 2 is 1.95 bits per heavy atom. The lowest BCUT2D eigenvalue weighted by molar-refractivity contribution is -0.304. The van der Waals surface area contributed by atoms with Crippen molar-refractivity contribution in [2.75, 3.05) is 20.8 Å². The molecule has 1 aromatic carbocycles. The zero-order chi connectivity index (χ0) is 29.8. The van der Waals surface area contributed by atoms with Gasteiger partial charge in [-0.05, 0) is 61.6 Å². The summed E-state index contributed by atoms with van der Waals surface area (Å²) in [6, 6.07) is 8.66. The molecule has 7 atom stereocenters. The molecule has 5 aliphatic rings. The van der Waals surface area contributed by atoms with Gasteiger partial charge in [-0.1, -0.05) is 45.9 Å². The van der Waals surface area contributed by atoms with Crippen LogP contribution in [0.15, 0.2) is 35.9 Å². The lowest BCUT2D eigenvalue weighted by atomic mass is 9.41. The van der Waals surface area contributed by atoms with Gasteiger partial charge in [0.25, 0.3) is 0 Å². The number of para-hydroxylation sites is 1. The minimum Gasteiger partial charge on any atom is -0.382 e. The van der Waals surface area contributed by atoms with Crippen LogP contribution in [0.3, 0.4) is 0 Å². The highest BCUT2D eigenvalue weighted by Crippen LogP contribution is 2.71. The molecule has 0 saturated heterocycles. The number of methoxy groups -OCH3 is 1. The summed E-state index contributed by atoms with van der Waals surface area (Å²) >= 11 is 0. The molecular weight excluding hydrogens is 532 g/mol. The molecule has 1 unspecified atom stereocenters. The molecule has 2 aromatic rings. The number of amides is 1. The number of nitrogens with zero attached hydrogens (tertiary/aromatic N) is 1. The molecule has 1 amide bonds. The lowest BCUT2D eigenvalue weighted by Gasteiger charge is -2.68. The molecular formula is C34H44N2O6. The number of aliphatic hydroxyl groups is 1. The summed E-state index contributed by atoms with van der Waals surface area (Å²) in [5, 5.41) is 14.6. The first-order chi connectivity index (χ1) is 19.9. The molecule has 2 N–H and O–H groups in total. The highest BCUT2D eigenvalue weighted by molar-refractivity contribution is 5.96. The predicted octanol–water partition coefficient (Wildman–Crippen LogP) is 4.43. The van der Waals surface area contributed by atoms with E-state index in [2.05, 4.69) is 37.0 Å². The number of aromatic amines is 1. The molecule has 1 aliphatic heterocycles. The Bertz CT molecular complexity index is 1490. The van der Waals surface area contributed by atoms with E-state index in [9.17, 15) is 14.7 Å². The van der Waals surface area contributed by atoms with Crippen LogP contribution in [0.25, 0.3) is 10.9 Å². The largest absolute Gasteiger partial charge is 0.382 e. The van der Waals surface area contributed by atoms with Gasteiger partial charge < -0.3 is 29.2 Å². The first-order valence-corrected chi connectivity index (χ1v) is 15.6. The van der Waals surface area contributed by atoms with Crippen LogP contribution in [-0.2, 0) is 35.6 Å². The summed E-state index contributed by atoms with van der Waals surface area (Å²) in [5.74, 6) is -1.38. The molecule has 226 valence electrons. The van der Waals surface area contributed by atoms with Gasteiger partial charge >= 0.3 is 0 Å². The number of aromatic nitrogens is 1. The molecule has 0 spiro atoms. The molecule has 42 heavy (non-hydrogen) atoms. The van der Waals surface area contributed by atoms with Crippen molar-refractivity contribution in [2.45, 2.75) is 101 Å². The molecule has 7 rings (SSSR count). The summed E-state index contributed by atoms with van der Waals surface area (Å²) in [5.41, 5.74) is 1.15. The van der Waals surface area contributed by atoms with Gasteiger partial charge in [0.2, 0.25) is 5.91 Å². The second kappa shape index (κ2) is 9.24. The number of hydrogen-bond donors (Lipinski definition) is 2. The quantitative estimate of drug-likeness (QED) is 0.528. The van der Waals surface area contributed by atoms with Crippen LogP contribution in [0.4, 0.5) is 0 Å². The van der Waals surface area contributed by atoms with Crippen LogP contribution in [0.2, 0.25) is 0 Å².